The Hall–Kier alpha value is -1.21. The lowest BCUT2D eigenvalue weighted by molar-refractivity contribution is -0.869. The fourth-order valence-electron chi connectivity index (χ4n) is 1.03. The topological polar surface area (TPSA) is 102 Å². The van der Waals surface area contributed by atoms with Crippen molar-refractivity contribution in [2.45, 2.75) is 13.3 Å². The highest BCUT2D eigenvalue weighted by Crippen LogP contribution is 2.38. The standard InChI is InChI=1S/C12H22NO7P/c1-10(2)12(15)18-8-9-19-21(16,17)20-11(14)6-7-13(3,4)5/h1,6-9H2,2-5H3. The Morgan fingerprint density at radius 2 is 1.81 bits per heavy atom. The van der Waals surface area contributed by atoms with E-state index in [9.17, 15) is 19.0 Å². The zero-order valence-electron chi connectivity index (χ0n) is 12.8. The Labute approximate surface area is 124 Å². The Balaban J connectivity index is 4.03. The normalized spacial score (nSPS) is 14.1. The molecule has 0 aromatic rings. The summed E-state index contributed by atoms with van der Waals surface area (Å²) in [6, 6.07) is 0. The summed E-state index contributed by atoms with van der Waals surface area (Å²) in [5.41, 5.74) is 0.187. The Kier molecular flexibility index (Phi) is 7.81. The molecule has 9 heteroatoms. The smallest absolute Gasteiger partial charge is 0.333 e. The summed E-state index contributed by atoms with van der Waals surface area (Å²) in [7, 11) is 0.838. The third kappa shape index (κ3) is 11.2. The van der Waals surface area contributed by atoms with Crippen molar-refractivity contribution < 1.29 is 37.3 Å². The van der Waals surface area contributed by atoms with Gasteiger partial charge >= 0.3 is 19.8 Å². The number of quaternary nitrogens is 1. The van der Waals surface area contributed by atoms with Gasteiger partial charge in [-0.05, 0) is 6.92 Å². The third-order valence-electron chi connectivity index (χ3n) is 2.11. The molecule has 0 amide bonds. The van der Waals surface area contributed by atoms with Crippen LogP contribution in [0.1, 0.15) is 13.3 Å². The van der Waals surface area contributed by atoms with Crippen molar-refractivity contribution in [3.8, 4) is 0 Å². The number of carbonyl (C=O) groups is 2. The molecule has 8 nitrogen and oxygen atoms in total. The van der Waals surface area contributed by atoms with Gasteiger partial charge in [0.15, 0.2) is 0 Å². The third-order valence-corrected chi connectivity index (χ3v) is 3.04. The molecule has 0 rings (SSSR count). The average molecular weight is 323 g/mol. The summed E-state index contributed by atoms with van der Waals surface area (Å²) in [5.74, 6) is -1.54. The van der Waals surface area contributed by atoms with Crippen molar-refractivity contribution >= 4 is 19.8 Å². The van der Waals surface area contributed by atoms with Gasteiger partial charge in [0.25, 0.3) is 0 Å². The van der Waals surface area contributed by atoms with Crippen molar-refractivity contribution in [3.63, 3.8) is 0 Å². The Morgan fingerprint density at radius 1 is 1.24 bits per heavy atom. The van der Waals surface area contributed by atoms with Crippen LogP contribution in [0.4, 0.5) is 0 Å². The first-order valence-electron chi connectivity index (χ1n) is 6.24. The van der Waals surface area contributed by atoms with Crippen LogP contribution in [0, 0.1) is 0 Å². The molecule has 0 radical (unpaired) electrons. The van der Waals surface area contributed by atoms with Crippen molar-refractivity contribution in [1.82, 2.24) is 0 Å². The van der Waals surface area contributed by atoms with Gasteiger partial charge in [0.05, 0.1) is 40.7 Å². The highest BCUT2D eigenvalue weighted by atomic mass is 31.2. The monoisotopic (exact) mass is 323 g/mol. The van der Waals surface area contributed by atoms with Gasteiger partial charge < -0.3 is 23.2 Å². The second-order valence-electron chi connectivity index (χ2n) is 5.42. The fourth-order valence-corrected chi connectivity index (χ4v) is 1.72. The SMILES string of the molecule is C=C(C)C(=O)OCCOP(=O)([O-])OC(=O)CC[N+](C)(C)C. The van der Waals surface area contributed by atoms with Crippen LogP contribution in [0.15, 0.2) is 12.2 Å². The summed E-state index contributed by atoms with van der Waals surface area (Å²) in [5, 5.41) is 0. The molecular weight excluding hydrogens is 301 g/mol. The minimum atomic E-state index is -4.73. The molecule has 0 heterocycles. The predicted octanol–water partition coefficient (Wildman–Crippen LogP) is 0.230. The number of phosphoric acid groups is 1. The van der Waals surface area contributed by atoms with E-state index in [0.717, 1.165) is 0 Å². The largest absolute Gasteiger partial charge is 0.746 e. The van der Waals surface area contributed by atoms with Gasteiger partial charge in [-0.1, -0.05) is 6.58 Å². The quantitative estimate of drug-likeness (QED) is 0.197. The number of ether oxygens (including phenoxy) is 1. The van der Waals surface area contributed by atoms with E-state index in [1.165, 1.54) is 6.92 Å². The van der Waals surface area contributed by atoms with Gasteiger partial charge in [-0.25, -0.2) is 4.79 Å². The first-order valence-corrected chi connectivity index (χ1v) is 7.70. The molecular formula is C12H22NO7P. The summed E-state index contributed by atoms with van der Waals surface area (Å²) < 4.78 is 25.1. The first kappa shape index (κ1) is 19.8. The van der Waals surface area contributed by atoms with Crippen molar-refractivity contribution in [3.05, 3.63) is 12.2 Å². The van der Waals surface area contributed by atoms with E-state index in [0.29, 0.717) is 11.0 Å². The average Bonchev–Trinajstić information content (AvgIpc) is 2.30. The molecule has 0 N–H and O–H groups in total. The van der Waals surface area contributed by atoms with Gasteiger partial charge in [0.2, 0.25) is 0 Å². The minimum Gasteiger partial charge on any atom is -0.746 e. The number of phosphoric ester groups is 1. The van der Waals surface area contributed by atoms with Gasteiger partial charge in [0.1, 0.15) is 6.61 Å². The molecule has 21 heavy (non-hydrogen) atoms. The van der Waals surface area contributed by atoms with Crippen LogP contribution >= 0.6 is 7.82 Å². The lowest BCUT2D eigenvalue weighted by atomic mass is 10.4. The van der Waals surface area contributed by atoms with Crippen LogP contribution in [0.3, 0.4) is 0 Å². The Bertz CT molecular complexity index is 441. The van der Waals surface area contributed by atoms with E-state index >= 15 is 0 Å². The molecule has 0 aliphatic rings. The van der Waals surface area contributed by atoms with Crippen LogP contribution < -0.4 is 4.89 Å². The molecule has 1 atom stereocenters. The molecule has 0 aromatic heterocycles. The molecule has 0 saturated carbocycles. The van der Waals surface area contributed by atoms with Gasteiger partial charge in [0, 0.05) is 5.57 Å². The summed E-state index contributed by atoms with van der Waals surface area (Å²) in [4.78, 5) is 33.7. The van der Waals surface area contributed by atoms with E-state index in [1.807, 2.05) is 21.1 Å². The van der Waals surface area contributed by atoms with Crippen LogP contribution in [0.5, 0.6) is 0 Å². The van der Waals surface area contributed by atoms with Gasteiger partial charge in [-0.2, -0.15) is 0 Å². The molecule has 0 bridgehead atoms. The first-order chi connectivity index (χ1) is 9.43. The lowest BCUT2D eigenvalue weighted by Gasteiger charge is -2.25. The van der Waals surface area contributed by atoms with Crippen LogP contribution in [-0.4, -0.2) is 57.3 Å². The van der Waals surface area contributed by atoms with E-state index in [-0.39, 0.29) is 18.6 Å². The summed E-state index contributed by atoms with van der Waals surface area (Å²) in [6.45, 7) is 4.53. The maximum Gasteiger partial charge on any atom is 0.333 e. The molecule has 0 spiro atoms. The second kappa shape index (κ2) is 8.29. The zero-order chi connectivity index (χ0) is 16.7. The van der Waals surface area contributed by atoms with Crippen LogP contribution in [0.25, 0.3) is 0 Å². The molecule has 0 saturated heterocycles. The number of carbonyl (C=O) groups excluding carboxylic acids is 2. The maximum absolute atomic E-state index is 11.4. The molecule has 0 aliphatic heterocycles. The highest BCUT2D eigenvalue weighted by Gasteiger charge is 2.18. The summed E-state index contributed by atoms with van der Waals surface area (Å²) >= 11 is 0. The molecule has 0 aliphatic carbocycles. The van der Waals surface area contributed by atoms with Crippen LogP contribution in [-0.2, 0) is 27.9 Å². The number of esters is 1. The molecule has 0 aromatic carbocycles. The van der Waals surface area contributed by atoms with Crippen LogP contribution in [0.2, 0.25) is 0 Å². The molecule has 1 unspecified atom stereocenters. The van der Waals surface area contributed by atoms with E-state index in [4.69, 9.17) is 0 Å². The van der Waals surface area contributed by atoms with Crippen molar-refractivity contribution in [2.75, 3.05) is 40.9 Å². The van der Waals surface area contributed by atoms with Gasteiger partial charge in [-0.15, -0.1) is 0 Å². The maximum atomic E-state index is 11.4. The highest BCUT2D eigenvalue weighted by molar-refractivity contribution is 7.46. The number of nitrogens with zero attached hydrogens (tertiary/aromatic N) is 1. The summed E-state index contributed by atoms with van der Waals surface area (Å²) in [6.07, 6.45) is -0.0519. The predicted molar refractivity (Wildman–Crippen MR) is 72.9 cm³/mol. The van der Waals surface area contributed by atoms with Crippen molar-refractivity contribution in [2.24, 2.45) is 0 Å². The Morgan fingerprint density at radius 3 is 2.29 bits per heavy atom. The molecule has 0 fully saturated rings. The lowest BCUT2D eigenvalue weighted by Crippen LogP contribution is -2.36. The van der Waals surface area contributed by atoms with E-state index in [2.05, 4.69) is 20.4 Å². The van der Waals surface area contributed by atoms with Crippen molar-refractivity contribution in [1.29, 1.82) is 0 Å². The minimum absolute atomic E-state index is 0.0519. The molecule has 122 valence electrons. The van der Waals surface area contributed by atoms with E-state index in [1.54, 1.807) is 0 Å². The zero-order valence-corrected chi connectivity index (χ0v) is 13.7. The number of rotatable bonds is 9. The number of hydrogen-bond acceptors (Lipinski definition) is 7. The number of hydrogen-bond donors (Lipinski definition) is 0. The van der Waals surface area contributed by atoms with Gasteiger partial charge in [-0.3, -0.25) is 9.36 Å². The van der Waals surface area contributed by atoms with E-state index < -0.39 is 26.4 Å². The second-order valence-corrected chi connectivity index (χ2v) is 6.76. The fraction of sp³-hybridized carbons (Fsp3) is 0.667.